The highest BCUT2D eigenvalue weighted by Gasteiger charge is 2.36. The van der Waals surface area contributed by atoms with Crippen molar-refractivity contribution < 1.29 is 33.0 Å². The Bertz CT molecular complexity index is 1030. The van der Waals surface area contributed by atoms with E-state index in [4.69, 9.17) is 25.5 Å². The van der Waals surface area contributed by atoms with E-state index in [1.165, 1.54) is 26.4 Å². The minimum atomic E-state index is -0.642. The van der Waals surface area contributed by atoms with Crippen LogP contribution in [0, 0.1) is 0 Å². The first kappa shape index (κ1) is 21.8. The summed E-state index contributed by atoms with van der Waals surface area (Å²) in [5.41, 5.74) is 0.580. The molecule has 3 rings (SSSR count). The lowest BCUT2D eigenvalue weighted by Gasteiger charge is -2.12. The number of benzene rings is 1. The number of rotatable bonds is 7. The number of carbonyl (C=O) groups is 3. The molecule has 0 bridgehead atoms. The largest absolute Gasteiger partial charge is 0.493 e. The molecule has 1 aromatic carbocycles. The van der Waals surface area contributed by atoms with Gasteiger partial charge in [0.15, 0.2) is 11.5 Å². The van der Waals surface area contributed by atoms with E-state index >= 15 is 0 Å². The number of furan rings is 1. The summed E-state index contributed by atoms with van der Waals surface area (Å²) >= 11 is 7.06. The molecular formula is C20H18ClNO7S. The van der Waals surface area contributed by atoms with Crippen molar-refractivity contribution in [3.05, 3.63) is 51.3 Å². The van der Waals surface area contributed by atoms with E-state index in [-0.39, 0.29) is 23.0 Å². The van der Waals surface area contributed by atoms with Crippen LogP contribution in [0.2, 0.25) is 5.02 Å². The Hall–Kier alpha value is -2.91. The van der Waals surface area contributed by atoms with Crippen LogP contribution in [0.1, 0.15) is 28.8 Å². The second-order valence-corrected chi connectivity index (χ2v) is 7.39. The van der Waals surface area contributed by atoms with E-state index in [1.807, 2.05) is 6.92 Å². The maximum absolute atomic E-state index is 12.7. The third kappa shape index (κ3) is 4.47. The highest BCUT2D eigenvalue weighted by atomic mass is 35.5. The smallest absolute Gasteiger partial charge is 0.373 e. The van der Waals surface area contributed by atoms with Crippen molar-refractivity contribution in [2.24, 2.45) is 0 Å². The Balaban J connectivity index is 1.82. The Morgan fingerprint density at radius 2 is 2.03 bits per heavy atom. The Morgan fingerprint density at radius 1 is 1.27 bits per heavy atom. The van der Waals surface area contributed by atoms with Gasteiger partial charge < -0.3 is 18.6 Å². The summed E-state index contributed by atoms with van der Waals surface area (Å²) in [6.45, 7) is 2.14. The van der Waals surface area contributed by atoms with Crippen molar-refractivity contribution in [1.29, 1.82) is 0 Å². The first-order valence-electron chi connectivity index (χ1n) is 8.80. The summed E-state index contributed by atoms with van der Waals surface area (Å²) in [5.74, 6) is -0.0237. The predicted octanol–water partition coefficient (Wildman–Crippen LogP) is 4.36. The molecule has 2 heterocycles. The van der Waals surface area contributed by atoms with Gasteiger partial charge in [0, 0.05) is 0 Å². The van der Waals surface area contributed by atoms with E-state index in [2.05, 4.69) is 4.74 Å². The number of amides is 2. The third-order valence-electron chi connectivity index (χ3n) is 4.07. The molecular weight excluding hydrogens is 434 g/mol. The molecule has 1 aromatic heterocycles. The van der Waals surface area contributed by atoms with Crippen molar-refractivity contribution in [3.63, 3.8) is 0 Å². The Morgan fingerprint density at radius 3 is 2.70 bits per heavy atom. The molecule has 2 aromatic rings. The van der Waals surface area contributed by atoms with Gasteiger partial charge in [-0.2, -0.15) is 0 Å². The zero-order valence-electron chi connectivity index (χ0n) is 16.4. The van der Waals surface area contributed by atoms with Crippen LogP contribution < -0.4 is 9.47 Å². The van der Waals surface area contributed by atoms with Gasteiger partial charge in [-0.25, -0.2) is 4.79 Å². The zero-order chi connectivity index (χ0) is 21.8. The molecule has 158 valence electrons. The second kappa shape index (κ2) is 9.27. The quantitative estimate of drug-likeness (QED) is 0.452. The summed E-state index contributed by atoms with van der Waals surface area (Å²) in [4.78, 5) is 37.8. The van der Waals surface area contributed by atoms with Gasteiger partial charge in [-0.3, -0.25) is 14.5 Å². The number of thioether (sulfide) groups is 1. The molecule has 0 unspecified atom stereocenters. The van der Waals surface area contributed by atoms with Crippen molar-refractivity contribution in [1.82, 2.24) is 4.90 Å². The van der Waals surface area contributed by atoms with Crippen LogP contribution in [-0.4, -0.2) is 42.8 Å². The van der Waals surface area contributed by atoms with E-state index in [0.717, 1.165) is 16.7 Å². The fourth-order valence-corrected chi connectivity index (χ4v) is 3.84. The van der Waals surface area contributed by atoms with Crippen LogP contribution in [0.3, 0.4) is 0 Å². The first-order valence-corrected chi connectivity index (χ1v) is 10.00. The number of halogens is 1. The molecule has 2 amide bonds. The number of imide groups is 1. The number of nitrogens with zero attached hydrogens (tertiary/aromatic N) is 1. The van der Waals surface area contributed by atoms with E-state index < -0.39 is 17.1 Å². The second-order valence-electron chi connectivity index (χ2n) is 5.99. The fraction of sp³-hybridized carbons (Fsp3) is 0.250. The molecule has 0 N–H and O–H groups in total. The highest BCUT2D eigenvalue weighted by molar-refractivity contribution is 8.18. The molecule has 0 radical (unpaired) electrons. The maximum Gasteiger partial charge on any atom is 0.373 e. The molecule has 1 saturated heterocycles. The average Bonchev–Trinajstić information content (AvgIpc) is 3.30. The third-order valence-corrected chi connectivity index (χ3v) is 5.26. The summed E-state index contributed by atoms with van der Waals surface area (Å²) in [7, 11) is 2.71. The fourth-order valence-electron chi connectivity index (χ4n) is 2.72. The van der Waals surface area contributed by atoms with Crippen molar-refractivity contribution >= 4 is 46.6 Å². The van der Waals surface area contributed by atoms with Gasteiger partial charge in [-0.15, -0.1) is 0 Å². The maximum atomic E-state index is 12.7. The molecule has 30 heavy (non-hydrogen) atoms. The van der Waals surface area contributed by atoms with Gasteiger partial charge in [0.25, 0.3) is 11.1 Å². The monoisotopic (exact) mass is 451 g/mol. The highest BCUT2D eigenvalue weighted by Crippen LogP contribution is 2.39. The van der Waals surface area contributed by atoms with Crippen LogP contribution in [0.4, 0.5) is 4.79 Å². The topological polar surface area (TPSA) is 95.3 Å². The Kier molecular flexibility index (Phi) is 6.73. The van der Waals surface area contributed by atoms with Crippen LogP contribution in [0.25, 0.3) is 6.08 Å². The minimum absolute atomic E-state index is 0.00821. The number of methoxy groups -OCH3 is 2. The van der Waals surface area contributed by atoms with Gasteiger partial charge in [-0.1, -0.05) is 11.6 Å². The first-order chi connectivity index (χ1) is 14.4. The predicted molar refractivity (Wildman–Crippen MR) is 111 cm³/mol. The van der Waals surface area contributed by atoms with Crippen LogP contribution in [0.5, 0.6) is 11.5 Å². The number of carbonyl (C=O) groups excluding carboxylic acids is 3. The van der Waals surface area contributed by atoms with Crippen LogP contribution >= 0.6 is 23.4 Å². The molecule has 0 saturated carbocycles. The van der Waals surface area contributed by atoms with Gasteiger partial charge >= 0.3 is 5.97 Å². The van der Waals surface area contributed by atoms with Crippen molar-refractivity contribution in [2.75, 3.05) is 20.8 Å². The lowest BCUT2D eigenvalue weighted by Crippen LogP contribution is -2.27. The minimum Gasteiger partial charge on any atom is -0.493 e. The van der Waals surface area contributed by atoms with Crippen molar-refractivity contribution in [3.8, 4) is 11.5 Å². The number of esters is 1. The molecule has 0 spiro atoms. The van der Waals surface area contributed by atoms with Gasteiger partial charge in [0.2, 0.25) is 5.76 Å². The van der Waals surface area contributed by atoms with Gasteiger partial charge in [0.05, 0.1) is 37.3 Å². The van der Waals surface area contributed by atoms with Crippen molar-refractivity contribution in [2.45, 2.75) is 13.5 Å². The summed E-state index contributed by atoms with van der Waals surface area (Å²) in [6.07, 6.45) is 1.55. The number of hydrogen-bond donors (Lipinski definition) is 0. The van der Waals surface area contributed by atoms with E-state index in [9.17, 15) is 14.4 Å². The van der Waals surface area contributed by atoms with E-state index in [1.54, 1.807) is 18.2 Å². The lowest BCUT2D eigenvalue weighted by atomic mass is 10.1. The average molecular weight is 452 g/mol. The zero-order valence-corrected chi connectivity index (χ0v) is 18.0. The molecule has 8 nitrogen and oxygen atoms in total. The molecule has 0 atom stereocenters. The van der Waals surface area contributed by atoms with Crippen LogP contribution in [-0.2, 0) is 16.1 Å². The van der Waals surface area contributed by atoms with Crippen LogP contribution in [0.15, 0.2) is 33.6 Å². The number of ether oxygens (including phenoxy) is 3. The van der Waals surface area contributed by atoms with Gasteiger partial charge in [-0.05, 0) is 54.6 Å². The Labute approximate surface area is 181 Å². The molecule has 1 fully saturated rings. The summed E-state index contributed by atoms with van der Waals surface area (Å²) in [6, 6.07) is 6.22. The SMILES string of the molecule is CCOc1c(Cl)cc(C=C2SC(=O)N(Cc3ccc(C(=O)OC)o3)C2=O)cc1OC. The summed E-state index contributed by atoms with van der Waals surface area (Å²) in [5, 5.41) is -0.126. The van der Waals surface area contributed by atoms with E-state index in [0.29, 0.717) is 28.7 Å². The summed E-state index contributed by atoms with van der Waals surface area (Å²) < 4.78 is 20.7. The molecule has 0 aliphatic carbocycles. The van der Waals surface area contributed by atoms with Gasteiger partial charge in [0.1, 0.15) is 5.76 Å². The number of hydrogen-bond acceptors (Lipinski definition) is 8. The normalized spacial score (nSPS) is 15.1. The molecule has 1 aliphatic heterocycles. The molecule has 10 heteroatoms. The standard InChI is InChI=1S/C20H18ClNO7S/c1-4-28-17-13(21)7-11(8-15(17)26-2)9-16-18(23)22(20(25)30-16)10-12-5-6-14(29-12)19(24)27-3/h5-9H,4,10H2,1-3H3. The molecule has 1 aliphatic rings. The lowest BCUT2D eigenvalue weighted by molar-refractivity contribution is -0.123.